The van der Waals surface area contributed by atoms with Crippen LogP contribution in [0.25, 0.3) is 10.9 Å². The number of nitrogens with zero attached hydrogens (tertiary/aromatic N) is 2. The van der Waals surface area contributed by atoms with Crippen LogP contribution in [0.5, 0.6) is 0 Å². The lowest BCUT2D eigenvalue weighted by molar-refractivity contribution is -0.134. The predicted octanol–water partition coefficient (Wildman–Crippen LogP) is 4.80. The molecule has 1 aliphatic heterocycles. The third-order valence-electron chi connectivity index (χ3n) is 5.98. The van der Waals surface area contributed by atoms with Gasteiger partial charge in [0.15, 0.2) is 0 Å². The second-order valence-corrected chi connectivity index (χ2v) is 8.34. The first-order valence-electron chi connectivity index (χ1n) is 10.8. The van der Waals surface area contributed by atoms with Gasteiger partial charge < -0.3 is 10.2 Å². The van der Waals surface area contributed by atoms with Crippen molar-refractivity contribution in [2.24, 2.45) is 0 Å². The second kappa shape index (κ2) is 9.48. The van der Waals surface area contributed by atoms with Crippen LogP contribution in [0.2, 0.25) is 5.15 Å². The van der Waals surface area contributed by atoms with Crippen molar-refractivity contribution in [1.29, 1.82) is 0 Å². The van der Waals surface area contributed by atoms with E-state index in [1.54, 1.807) is 6.07 Å². The van der Waals surface area contributed by atoms with E-state index in [-0.39, 0.29) is 23.8 Å². The molecule has 0 radical (unpaired) electrons. The van der Waals surface area contributed by atoms with Crippen LogP contribution < -0.4 is 5.32 Å². The molecule has 1 aliphatic rings. The van der Waals surface area contributed by atoms with E-state index in [0.717, 1.165) is 30.2 Å². The first-order chi connectivity index (χ1) is 15.1. The van der Waals surface area contributed by atoms with E-state index in [4.69, 9.17) is 11.6 Å². The van der Waals surface area contributed by atoms with Crippen molar-refractivity contribution in [3.05, 3.63) is 76.9 Å². The summed E-state index contributed by atoms with van der Waals surface area (Å²) in [7, 11) is 0. The molecule has 0 spiro atoms. The lowest BCUT2D eigenvalue weighted by atomic mass is 9.93. The Labute approximate surface area is 187 Å². The van der Waals surface area contributed by atoms with Gasteiger partial charge in [0.05, 0.1) is 17.0 Å². The number of carbonyl (C=O) groups is 2. The number of pyridine rings is 1. The average Bonchev–Trinajstić information content (AvgIpc) is 2.80. The van der Waals surface area contributed by atoms with Crippen LogP contribution in [0.1, 0.15) is 48.0 Å². The number of hydrogen-bond donors (Lipinski definition) is 1. The summed E-state index contributed by atoms with van der Waals surface area (Å²) in [6.45, 7) is 3.34. The summed E-state index contributed by atoms with van der Waals surface area (Å²) in [5.41, 5.74) is 2.29. The predicted molar refractivity (Wildman–Crippen MR) is 123 cm³/mol. The van der Waals surface area contributed by atoms with E-state index in [0.29, 0.717) is 29.3 Å². The highest BCUT2D eigenvalue weighted by Gasteiger charge is 2.29. The number of carbonyl (C=O) groups excluding carboxylic acids is 2. The minimum absolute atomic E-state index is 0.0269. The van der Waals surface area contributed by atoms with Crippen molar-refractivity contribution >= 4 is 34.3 Å². The second-order valence-electron chi connectivity index (χ2n) is 7.95. The number of hydrogen-bond acceptors (Lipinski definition) is 3. The molecule has 6 heteroatoms. The summed E-state index contributed by atoms with van der Waals surface area (Å²) >= 11 is 6.12. The molecule has 1 saturated heterocycles. The molecule has 0 aliphatic carbocycles. The van der Waals surface area contributed by atoms with Crippen molar-refractivity contribution < 1.29 is 9.59 Å². The summed E-state index contributed by atoms with van der Waals surface area (Å²) in [4.78, 5) is 32.3. The van der Waals surface area contributed by atoms with Crippen molar-refractivity contribution in [3.63, 3.8) is 0 Å². The van der Waals surface area contributed by atoms with E-state index < -0.39 is 0 Å². The summed E-state index contributed by atoms with van der Waals surface area (Å²) in [5.74, 6) is -0.0935. The van der Waals surface area contributed by atoms with E-state index in [9.17, 15) is 9.59 Å². The number of nitrogens with one attached hydrogen (secondary N) is 1. The topological polar surface area (TPSA) is 62.3 Å². The number of likely N-dealkylation sites (tertiary alicyclic amines) is 1. The maximum atomic E-state index is 13.1. The van der Waals surface area contributed by atoms with Gasteiger partial charge >= 0.3 is 0 Å². The molecular weight excluding hydrogens is 410 g/mol. The average molecular weight is 436 g/mol. The fourth-order valence-corrected chi connectivity index (χ4v) is 4.50. The maximum Gasteiger partial charge on any atom is 0.252 e. The highest BCUT2D eigenvalue weighted by atomic mass is 35.5. The third kappa shape index (κ3) is 4.72. The van der Waals surface area contributed by atoms with Crippen molar-refractivity contribution in [2.45, 2.75) is 38.1 Å². The Hall–Kier alpha value is -2.92. The van der Waals surface area contributed by atoms with Crippen molar-refractivity contribution in [2.75, 3.05) is 13.1 Å². The zero-order valence-corrected chi connectivity index (χ0v) is 18.3. The van der Waals surface area contributed by atoms with Gasteiger partial charge in [-0.1, -0.05) is 67.1 Å². The minimum atomic E-state index is -0.152. The first kappa shape index (κ1) is 21.3. The quantitative estimate of drug-likeness (QED) is 0.585. The van der Waals surface area contributed by atoms with E-state index in [2.05, 4.69) is 10.3 Å². The summed E-state index contributed by atoms with van der Waals surface area (Å²) in [5, 5.41) is 4.21. The van der Waals surface area contributed by atoms with Gasteiger partial charge in [-0.2, -0.15) is 0 Å². The van der Waals surface area contributed by atoms with Gasteiger partial charge in [-0.05, 0) is 37.0 Å². The van der Waals surface area contributed by atoms with Crippen LogP contribution in [0, 0.1) is 0 Å². The van der Waals surface area contributed by atoms with Gasteiger partial charge in [0.25, 0.3) is 5.91 Å². The highest BCUT2D eigenvalue weighted by molar-refractivity contribution is 6.30. The fraction of sp³-hybridized carbons (Fsp3) is 0.320. The SMILES string of the molecule is CCC(C(=O)N1CCC(NC(=O)c2cc(Cl)nc3ccccc23)CC1)c1ccccc1. The van der Waals surface area contributed by atoms with Crippen molar-refractivity contribution in [1.82, 2.24) is 15.2 Å². The summed E-state index contributed by atoms with van der Waals surface area (Å²) in [6.07, 6.45) is 2.24. The molecule has 0 saturated carbocycles. The monoisotopic (exact) mass is 435 g/mol. The Morgan fingerprint density at radius 3 is 2.48 bits per heavy atom. The van der Waals surface area contributed by atoms with E-state index in [1.165, 1.54) is 0 Å². The number of rotatable bonds is 5. The molecule has 31 heavy (non-hydrogen) atoms. The van der Waals surface area contributed by atoms with Crippen LogP contribution in [0.15, 0.2) is 60.7 Å². The summed E-state index contributed by atoms with van der Waals surface area (Å²) in [6, 6.07) is 19.1. The molecule has 160 valence electrons. The van der Waals surface area contributed by atoms with Crippen molar-refractivity contribution in [3.8, 4) is 0 Å². The van der Waals surface area contributed by atoms with E-state index >= 15 is 0 Å². The molecule has 1 unspecified atom stereocenters. The summed E-state index contributed by atoms with van der Waals surface area (Å²) < 4.78 is 0. The molecule has 1 atom stereocenters. The Kier molecular flexibility index (Phi) is 6.52. The molecular formula is C25H26ClN3O2. The van der Waals surface area contributed by atoms with Gasteiger partial charge in [0.1, 0.15) is 5.15 Å². The van der Waals surface area contributed by atoms with Crippen LogP contribution >= 0.6 is 11.6 Å². The van der Waals surface area contributed by atoms with E-state index in [1.807, 2.05) is 66.4 Å². The Bertz CT molecular complexity index is 1080. The van der Waals surface area contributed by atoms with Crippen LogP contribution in [-0.4, -0.2) is 40.8 Å². The molecule has 2 heterocycles. The number of piperidine rings is 1. The van der Waals surface area contributed by atoms with Gasteiger partial charge in [-0.3, -0.25) is 9.59 Å². The largest absolute Gasteiger partial charge is 0.349 e. The molecule has 1 fully saturated rings. The highest BCUT2D eigenvalue weighted by Crippen LogP contribution is 2.25. The number of fused-ring (bicyclic) bond motifs is 1. The normalized spacial score (nSPS) is 15.6. The number of benzene rings is 2. The molecule has 2 amide bonds. The molecule has 5 nitrogen and oxygen atoms in total. The van der Waals surface area contributed by atoms with Crippen LogP contribution in [0.4, 0.5) is 0 Å². The lowest BCUT2D eigenvalue weighted by Crippen LogP contribution is -2.47. The Morgan fingerprint density at radius 2 is 1.77 bits per heavy atom. The Balaban J connectivity index is 1.39. The molecule has 1 aromatic heterocycles. The number of para-hydroxylation sites is 1. The molecule has 2 aromatic carbocycles. The maximum absolute atomic E-state index is 13.1. The van der Waals surface area contributed by atoms with Gasteiger partial charge in [-0.15, -0.1) is 0 Å². The molecule has 4 rings (SSSR count). The van der Waals surface area contributed by atoms with Gasteiger partial charge in [0.2, 0.25) is 5.91 Å². The number of amides is 2. The zero-order valence-electron chi connectivity index (χ0n) is 17.6. The molecule has 0 bridgehead atoms. The third-order valence-corrected chi connectivity index (χ3v) is 6.17. The number of halogens is 1. The molecule has 3 aromatic rings. The minimum Gasteiger partial charge on any atom is -0.349 e. The first-order valence-corrected chi connectivity index (χ1v) is 11.1. The molecule has 1 N–H and O–H groups in total. The van der Waals surface area contributed by atoms with Gasteiger partial charge in [0, 0.05) is 24.5 Å². The van der Waals surface area contributed by atoms with Gasteiger partial charge in [-0.25, -0.2) is 4.98 Å². The van der Waals surface area contributed by atoms with Crippen LogP contribution in [0.3, 0.4) is 0 Å². The lowest BCUT2D eigenvalue weighted by Gasteiger charge is -2.34. The number of aromatic nitrogens is 1. The van der Waals surface area contributed by atoms with Crippen LogP contribution in [-0.2, 0) is 4.79 Å². The Morgan fingerprint density at radius 1 is 1.10 bits per heavy atom. The smallest absolute Gasteiger partial charge is 0.252 e. The standard InChI is InChI=1S/C25H26ClN3O2/c1-2-19(17-8-4-3-5-9-17)25(31)29-14-12-18(13-15-29)27-24(30)21-16-23(26)28-22-11-7-6-10-20(21)22/h3-11,16,18-19H,2,12-15H2,1H3,(H,27,30). The zero-order chi connectivity index (χ0) is 21.8. The fourth-order valence-electron chi connectivity index (χ4n) is 4.30.